The molecule has 2 N–H and O–H groups in total. The highest BCUT2D eigenvalue weighted by Crippen LogP contribution is 2.32. The van der Waals surface area contributed by atoms with Crippen LogP contribution in [0.15, 0.2) is 4.52 Å². The van der Waals surface area contributed by atoms with E-state index < -0.39 is 17.4 Å². The predicted molar refractivity (Wildman–Crippen MR) is 89.0 cm³/mol. The number of carbonyl (C=O) groups excluding carboxylic acids is 1. The van der Waals surface area contributed by atoms with Gasteiger partial charge >= 0.3 is 12.0 Å². The van der Waals surface area contributed by atoms with Crippen molar-refractivity contribution in [2.45, 2.75) is 64.3 Å². The second kappa shape index (κ2) is 7.01. The Morgan fingerprint density at radius 1 is 1.36 bits per heavy atom. The lowest BCUT2D eigenvalue weighted by Crippen LogP contribution is -2.41. The highest BCUT2D eigenvalue weighted by Gasteiger charge is 2.42. The molecule has 8 nitrogen and oxygen atoms in total. The molecule has 2 aliphatic rings. The number of aromatic nitrogens is 2. The smallest absolute Gasteiger partial charge is 0.318 e. The quantitative estimate of drug-likeness (QED) is 0.864. The third kappa shape index (κ3) is 3.77. The Labute approximate surface area is 147 Å². The Morgan fingerprint density at radius 2 is 2.08 bits per heavy atom. The molecule has 2 fully saturated rings. The minimum absolute atomic E-state index is 0.206. The molecule has 138 valence electrons. The molecule has 0 spiro atoms. The van der Waals surface area contributed by atoms with Crippen molar-refractivity contribution in [1.82, 2.24) is 20.4 Å². The fourth-order valence-corrected chi connectivity index (χ4v) is 3.60. The third-order valence-corrected chi connectivity index (χ3v) is 5.42. The Bertz CT molecular complexity index is 640. The number of carboxylic acid groups (broad SMARTS) is 1. The van der Waals surface area contributed by atoms with Gasteiger partial charge in [-0.1, -0.05) is 24.4 Å². The lowest BCUT2D eigenvalue weighted by Gasteiger charge is -2.21. The summed E-state index contributed by atoms with van der Waals surface area (Å²) >= 11 is 0. The first-order valence-corrected chi connectivity index (χ1v) is 9.01. The number of carbonyl (C=O) groups is 2. The van der Waals surface area contributed by atoms with E-state index in [1.54, 1.807) is 13.8 Å². The lowest BCUT2D eigenvalue weighted by atomic mass is 9.89. The Hall–Kier alpha value is -2.12. The molecule has 1 aliphatic carbocycles. The van der Waals surface area contributed by atoms with E-state index in [4.69, 9.17) is 4.52 Å². The predicted octanol–water partition coefficient (Wildman–Crippen LogP) is 2.68. The van der Waals surface area contributed by atoms with Gasteiger partial charge in [-0.05, 0) is 33.1 Å². The van der Waals surface area contributed by atoms with Crippen LogP contribution in [0.1, 0.15) is 76.0 Å². The van der Waals surface area contributed by atoms with Crippen molar-refractivity contribution in [1.29, 1.82) is 0 Å². The first kappa shape index (κ1) is 17.7. The van der Waals surface area contributed by atoms with Crippen LogP contribution in [0, 0.1) is 5.41 Å². The van der Waals surface area contributed by atoms with Crippen LogP contribution in [0.4, 0.5) is 4.79 Å². The van der Waals surface area contributed by atoms with E-state index in [1.807, 2.05) is 0 Å². The zero-order chi connectivity index (χ0) is 18.0. The number of urea groups is 1. The summed E-state index contributed by atoms with van der Waals surface area (Å²) in [6.07, 6.45) is 6.27. The highest BCUT2D eigenvalue weighted by molar-refractivity contribution is 5.79. The fourth-order valence-electron chi connectivity index (χ4n) is 3.60. The fraction of sp³-hybridized carbons (Fsp3) is 0.765. The molecule has 3 rings (SSSR count). The van der Waals surface area contributed by atoms with Crippen LogP contribution in [0.2, 0.25) is 0 Å². The maximum absolute atomic E-state index is 12.4. The zero-order valence-corrected chi connectivity index (χ0v) is 14.8. The van der Waals surface area contributed by atoms with Gasteiger partial charge in [-0.15, -0.1) is 0 Å². The molecular weight excluding hydrogens is 324 g/mol. The highest BCUT2D eigenvalue weighted by atomic mass is 16.5. The standard InChI is InChI=1S/C17H26N4O4/c1-11(14-19-13(20-25-14)12-6-4-3-5-7-12)18-16(24)21-9-8-17(2,10-21)15(22)23/h11-12H,3-10H2,1-2H3,(H,18,24)(H,22,23). The summed E-state index contributed by atoms with van der Waals surface area (Å²) in [4.78, 5) is 29.7. The molecule has 2 atom stereocenters. The van der Waals surface area contributed by atoms with Gasteiger partial charge in [-0.2, -0.15) is 4.98 Å². The van der Waals surface area contributed by atoms with E-state index in [1.165, 1.54) is 24.2 Å². The van der Waals surface area contributed by atoms with Crippen LogP contribution < -0.4 is 5.32 Å². The van der Waals surface area contributed by atoms with Crippen molar-refractivity contribution in [2.75, 3.05) is 13.1 Å². The van der Waals surface area contributed by atoms with Crippen LogP contribution in [0.5, 0.6) is 0 Å². The average Bonchev–Trinajstić information content (AvgIpc) is 3.23. The number of hydrogen-bond acceptors (Lipinski definition) is 5. The molecule has 2 unspecified atom stereocenters. The molecule has 1 saturated carbocycles. The van der Waals surface area contributed by atoms with E-state index in [9.17, 15) is 14.7 Å². The second-order valence-corrected chi connectivity index (χ2v) is 7.53. The number of carboxylic acids is 1. The molecule has 1 saturated heterocycles. The molecule has 2 amide bonds. The van der Waals surface area contributed by atoms with Crippen molar-refractivity contribution in [3.05, 3.63) is 11.7 Å². The van der Waals surface area contributed by atoms with Crippen molar-refractivity contribution in [2.24, 2.45) is 5.41 Å². The van der Waals surface area contributed by atoms with Crippen molar-refractivity contribution in [3.63, 3.8) is 0 Å². The zero-order valence-electron chi connectivity index (χ0n) is 14.8. The molecular formula is C17H26N4O4. The van der Waals surface area contributed by atoms with Crippen LogP contribution in [-0.2, 0) is 4.79 Å². The number of hydrogen-bond donors (Lipinski definition) is 2. The summed E-state index contributed by atoms with van der Waals surface area (Å²) < 4.78 is 5.33. The maximum atomic E-state index is 12.4. The molecule has 0 aromatic carbocycles. The van der Waals surface area contributed by atoms with Gasteiger partial charge in [-0.25, -0.2) is 4.79 Å². The van der Waals surface area contributed by atoms with Crippen LogP contribution in [0.25, 0.3) is 0 Å². The molecule has 1 aliphatic heterocycles. The molecule has 0 bridgehead atoms. The number of nitrogens with one attached hydrogen (secondary N) is 1. The summed E-state index contributed by atoms with van der Waals surface area (Å²) in [5.41, 5.74) is -0.876. The number of likely N-dealkylation sites (tertiary alicyclic amines) is 1. The van der Waals surface area contributed by atoms with Crippen molar-refractivity contribution in [3.8, 4) is 0 Å². The Balaban J connectivity index is 1.57. The molecule has 25 heavy (non-hydrogen) atoms. The Kier molecular flexibility index (Phi) is 4.96. The maximum Gasteiger partial charge on any atom is 0.318 e. The van der Waals surface area contributed by atoms with E-state index >= 15 is 0 Å². The lowest BCUT2D eigenvalue weighted by molar-refractivity contribution is -0.147. The minimum atomic E-state index is -0.876. The van der Waals surface area contributed by atoms with Gasteiger partial charge in [0.15, 0.2) is 5.82 Å². The van der Waals surface area contributed by atoms with E-state index in [2.05, 4.69) is 15.5 Å². The van der Waals surface area contributed by atoms with Gasteiger partial charge in [0.1, 0.15) is 6.04 Å². The molecule has 1 aromatic heterocycles. The largest absolute Gasteiger partial charge is 0.481 e. The summed E-state index contributed by atoms with van der Waals surface area (Å²) in [7, 11) is 0. The number of rotatable bonds is 4. The van der Waals surface area contributed by atoms with E-state index in [0.29, 0.717) is 24.8 Å². The van der Waals surface area contributed by atoms with Crippen LogP contribution in [-0.4, -0.2) is 45.2 Å². The first-order chi connectivity index (χ1) is 11.9. The van der Waals surface area contributed by atoms with Gasteiger partial charge in [0.2, 0.25) is 5.89 Å². The molecule has 1 aromatic rings. The second-order valence-electron chi connectivity index (χ2n) is 7.53. The first-order valence-electron chi connectivity index (χ1n) is 9.01. The average molecular weight is 350 g/mol. The third-order valence-electron chi connectivity index (χ3n) is 5.42. The minimum Gasteiger partial charge on any atom is -0.481 e. The van der Waals surface area contributed by atoms with Gasteiger partial charge < -0.3 is 19.8 Å². The van der Waals surface area contributed by atoms with E-state index in [0.717, 1.165) is 18.7 Å². The molecule has 0 radical (unpaired) electrons. The van der Waals surface area contributed by atoms with E-state index in [-0.39, 0.29) is 12.6 Å². The van der Waals surface area contributed by atoms with Crippen molar-refractivity contribution < 1.29 is 19.2 Å². The van der Waals surface area contributed by atoms with Gasteiger partial charge in [0.25, 0.3) is 0 Å². The number of nitrogens with zero attached hydrogens (tertiary/aromatic N) is 3. The number of aliphatic carboxylic acids is 1. The van der Waals surface area contributed by atoms with Gasteiger partial charge in [0, 0.05) is 19.0 Å². The monoisotopic (exact) mass is 350 g/mol. The SMILES string of the molecule is CC(NC(=O)N1CCC(C)(C(=O)O)C1)c1nc(C2CCCCC2)no1. The summed E-state index contributed by atoms with van der Waals surface area (Å²) in [6, 6.07) is -0.705. The van der Waals surface area contributed by atoms with Gasteiger partial charge in [0.05, 0.1) is 5.41 Å². The summed E-state index contributed by atoms with van der Waals surface area (Å²) in [5, 5.41) is 16.2. The number of amides is 2. The van der Waals surface area contributed by atoms with Crippen LogP contribution >= 0.6 is 0 Å². The van der Waals surface area contributed by atoms with Crippen LogP contribution in [0.3, 0.4) is 0 Å². The summed E-state index contributed by atoms with van der Waals surface area (Å²) in [5.74, 6) is 0.610. The summed E-state index contributed by atoms with van der Waals surface area (Å²) in [6.45, 7) is 4.10. The topological polar surface area (TPSA) is 109 Å². The normalized spacial score (nSPS) is 25.8. The Morgan fingerprint density at radius 3 is 2.72 bits per heavy atom. The molecule has 8 heteroatoms. The van der Waals surface area contributed by atoms with Gasteiger partial charge in [-0.3, -0.25) is 4.79 Å². The molecule has 2 heterocycles. The van der Waals surface area contributed by atoms with Crippen molar-refractivity contribution >= 4 is 12.0 Å².